The van der Waals surface area contributed by atoms with Gasteiger partial charge in [-0.15, -0.1) is 0 Å². The van der Waals surface area contributed by atoms with Gasteiger partial charge in [-0.1, -0.05) is 50.6 Å². The Labute approximate surface area is 237 Å². The first-order valence-electron chi connectivity index (χ1n) is 15.0. The standard InChI is InChI=1S/C32H51NO5Si/c1-7-39(8-2,9-3)38-30(24-36-29-16-11-10-12-17-29)22-33(31(35)37-32(4,5)6)28-15-13-14-26-19-18-25(23-34)20-27(26)21-28/h10-12,16-17,20,28,30,34H,7-9,13-15,18-19,21-24H2,1-6H3/t28?,30-/m0/s1. The molecule has 0 saturated carbocycles. The number of aliphatic hydroxyl groups excluding tert-OH is 1. The van der Waals surface area contributed by atoms with Crippen LogP contribution in [0.3, 0.4) is 0 Å². The number of benzene rings is 1. The third kappa shape index (κ3) is 9.22. The Hall–Kier alpha value is -2.09. The van der Waals surface area contributed by atoms with Crippen LogP contribution in [0.4, 0.5) is 4.79 Å². The van der Waals surface area contributed by atoms with Crippen molar-refractivity contribution in [1.82, 2.24) is 4.90 Å². The molecule has 2 atom stereocenters. The predicted octanol–water partition coefficient (Wildman–Crippen LogP) is 7.64. The van der Waals surface area contributed by atoms with Crippen LogP contribution in [0.5, 0.6) is 5.75 Å². The van der Waals surface area contributed by atoms with Crippen LogP contribution in [-0.2, 0) is 9.16 Å². The number of para-hydroxylation sites is 1. The minimum atomic E-state index is -1.97. The molecule has 1 amide bonds. The summed E-state index contributed by atoms with van der Waals surface area (Å²) >= 11 is 0. The third-order valence-corrected chi connectivity index (χ3v) is 13.0. The molecular weight excluding hydrogens is 506 g/mol. The molecule has 0 fully saturated rings. The fraction of sp³-hybridized carbons (Fsp3) is 0.656. The number of amides is 1. The van der Waals surface area contributed by atoms with Gasteiger partial charge in [-0.3, -0.25) is 0 Å². The molecule has 39 heavy (non-hydrogen) atoms. The number of allylic oxidation sites excluding steroid dienone is 2. The summed E-state index contributed by atoms with van der Waals surface area (Å²) in [5, 5.41) is 9.79. The van der Waals surface area contributed by atoms with Gasteiger partial charge in [0.2, 0.25) is 0 Å². The van der Waals surface area contributed by atoms with E-state index in [0.29, 0.717) is 13.2 Å². The van der Waals surface area contributed by atoms with Gasteiger partial charge in [-0.05, 0) is 101 Å². The lowest BCUT2D eigenvalue weighted by Crippen LogP contribution is -2.51. The molecule has 7 heteroatoms. The van der Waals surface area contributed by atoms with Gasteiger partial charge in [0.05, 0.1) is 19.3 Å². The van der Waals surface area contributed by atoms with E-state index < -0.39 is 13.9 Å². The van der Waals surface area contributed by atoms with Gasteiger partial charge in [0.1, 0.15) is 18.0 Å². The highest BCUT2D eigenvalue weighted by molar-refractivity contribution is 6.73. The highest BCUT2D eigenvalue weighted by Crippen LogP contribution is 2.36. The average Bonchev–Trinajstić information content (AvgIpc) is 3.14. The number of aliphatic hydroxyl groups is 1. The maximum atomic E-state index is 13.8. The molecule has 0 spiro atoms. The lowest BCUT2D eigenvalue weighted by molar-refractivity contribution is -0.000414. The van der Waals surface area contributed by atoms with Crippen LogP contribution in [0.1, 0.15) is 80.1 Å². The van der Waals surface area contributed by atoms with E-state index in [1.165, 1.54) is 11.1 Å². The van der Waals surface area contributed by atoms with Crippen LogP contribution in [0.15, 0.2) is 53.1 Å². The van der Waals surface area contributed by atoms with Crippen molar-refractivity contribution in [3.05, 3.63) is 53.1 Å². The third-order valence-electron chi connectivity index (χ3n) is 8.25. The highest BCUT2D eigenvalue weighted by atomic mass is 28.4. The quantitative estimate of drug-likeness (QED) is 0.267. The molecule has 218 valence electrons. The molecule has 1 unspecified atom stereocenters. The van der Waals surface area contributed by atoms with Crippen molar-refractivity contribution >= 4 is 14.4 Å². The summed E-state index contributed by atoms with van der Waals surface area (Å²) in [6.45, 7) is 13.4. The Balaban J connectivity index is 1.91. The van der Waals surface area contributed by atoms with E-state index in [9.17, 15) is 9.90 Å². The SMILES string of the molecule is CC[Si](CC)(CC)O[C@H](COc1ccccc1)CN(C(=O)OC(C)(C)C)C1CCCC2=C(C=C(CO)CC2)C1. The predicted molar refractivity (Wildman–Crippen MR) is 161 cm³/mol. The molecule has 3 rings (SSSR count). The smallest absolute Gasteiger partial charge is 0.410 e. The van der Waals surface area contributed by atoms with Gasteiger partial charge >= 0.3 is 6.09 Å². The Morgan fingerprint density at radius 1 is 1.08 bits per heavy atom. The summed E-state index contributed by atoms with van der Waals surface area (Å²) < 4.78 is 19.2. The summed E-state index contributed by atoms with van der Waals surface area (Å²) in [6, 6.07) is 12.9. The van der Waals surface area contributed by atoms with E-state index >= 15 is 0 Å². The molecular formula is C32H51NO5Si. The van der Waals surface area contributed by atoms with Gasteiger partial charge in [-0.25, -0.2) is 4.79 Å². The Kier molecular flexibility index (Phi) is 11.7. The number of carbonyl (C=O) groups is 1. The number of carbonyl (C=O) groups excluding carboxylic acids is 1. The fourth-order valence-electron chi connectivity index (χ4n) is 5.78. The summed E-state index contributed by atoms with van der Waals surface area (Å²) in [5.74, 6) is 0.805. The first-order valence-corrected chi connectivity index (χ1v) is 17.5. The van der Waals surface area contributed by atoms with E-state index in [1.54, 1.807) is 0 Å². The van der Waals surface area contributed by atoms with Crippen molar-refractivity contribution in [1.29, 1.82) is 0 Å². The second kappa shape index (κ2) is 14.5. The minimum Gasteiger partial charge on any atom is -0.491 e. The second-order valence-corrected chi connectivity index (χ2v) is 16.8. The summed E-state index contributed by atoms with van der Waals surface area (Å²) in [5.41, 5.74) is 3.26. The van der Waals surface area contributed by atoms with E-state index in [-0.39, 0.29) is 24.8 Å². The Bertz CT molecular complexity index is 972. The monoisotopic (exact) mass is 557 g/mol. The molecule has 6 nitrogen and oxygen atoms in total. The summed E-state index contributed by atoms with van der Waals surface area (Å²) in [7, 11) is -1.97. The lowest BCUT2D eigenvalue weighted by Gasteiger charge is -2.39. The van der Waals surface area contributed by atoms with E-state index in [1.807, 2.05) is 56.0 Å². The lowest BCUT2D eigenvalue weighted by atomic mass is 9.89. The van der Waals surface area contributed by atoms with Gasteiger partial charge in [0, 0.05) is 6.04 Å². The summed E-state index contributed by atoms with van der Waals surface area (Å²) in [4.78, 5) is 15.7. The van der Waals surface area contributed by atoms with Crippen molar-refractivity contribution in [3.8, 4) is 5.75 Å². The number of ether oxygens (including phenoxy) is 2. The topological polar surface area (TPSA) is 68.2 Å². The van der Waals surface area contributed by atoms with Crippen LogP contribution in [0.2, 0.25) is 18.1 Å². The molecule has 0 heterocycles. The van der Waals surface area contributed by atoms with Gasteiger partial charge < -0.3 is 23.9 Å². The maximum absolute atomic E-state index is 13.8. The molecule has 0 saturated heterocycles. The second-order valence-electron chi connectivity index (χ2n) is 12.1. The maximum Gasteiger partial charge on any atom is 0.410 e. The number of rotatable bonds is 12. The molecule has 2 aliphatic rings. The van der Waals surface area contributed by atoms with Crippen LogP contribution < -0.4 is 4.74 Å². The molecule has 0 radical (unpaired) electrons. The normalized spacial score (nSPS) is 19.1. The van der Waals surface area contributed by atoms with E-state index in [2.05, 4.69) is 26.8 Å². The van der Waals surface area contributed by atoms with E-state index in [4.69, 9.17) is 13.9 Å². The first-order chi connectivity index (χ1) is 18.6. The van der Waals surface area contributed by atoms with Gasteiger partial charge in [0.15, 0.2) is 8.32 Å². The first kappa shape index (κ1) is 31.4. The van der Waals surface area contributed by atoms with Crippen LogP contribution >= 0.6 is 0 Å². The Morgan fingerprint density at radius 2 is 1.77 bits per heavy atom. The van der Waals surface area contributed by atoms with E-state index in [0.717, 1.165) is 68.0 Å². The molecule has 1 N–H and O–H groups in total. The molecule has 0 aromatic heterocycles. The zero-order chi connectivity index (χ0) is 28.5. The minimum absolute atomic E-state index is 0.00501. The van der Waals surface area contributed by atoms with Crippen molar-refractivity contribution < 1.29 is 23.8 Å². The van der Waals surface area contributed by atoms with Crippen LogP contribution in [-0.4, -0.2) is 61.9 Å². The molecule has 0 bridgehead atoms. The molecule has 1 aromatic rings. The van der Waals surface area contributed by atoms with Gasteiger partial charge in [0.25, 0.3) is 0 Å². The highest BCUT2D eigenvalue weighted by Gasteiger charge is 2.37. The van der Waals surface area contributed by atoms with Crippen LogP contribution in [0.25, 0.3) is 0 Å². The van der Waals surface area contributed by atoms with Crippen LogP contribution in [0, 0.1) is 0 Å². The fourth-order valence-corrected chi connectivity index (χ4v) is 8.62. The molecule has 2 aliphatic carbocycles. The number of hydrogen-bond acceptors (Lipinski definition) is 5. The molecule has 1 aromatic carbocycles. The van der Waals surface area contributed by atoms with Gasteiger partial charge in [-0.2, -0.15) is 0 Å². The Morgan fingerprint density at radius 3 is 2.38 bits per heavy atom. The van der Waals surface area contributed by atoms with Crippen molar-refractivity contribution in [2.75, 3.05) is 19.8 Å². The zero-order valence-corrected chi connectivity index (χ0v) is 26.1. The van der Waals surface area contributed by atoms with Crippen molar-refractivity contribution in [3.63, 3.8) is 0 Å². The number of nitrogens with zero attached hydrogens (tertiary/aromatic N) is 1. The average molecular weight is 558 g/mol. The largest absolute Gasteiger partial charge is 0.491 e. The summed E-state index contributed by atoms with van der Waals surface area (Å²) in [6.07, 6.45) is 7.36. The molecule has 0 aliphatic heterocycles. The number of hydrogen-bond donors (Lipinski definition) is 1. The zero-order valence-electron chi connectivity index (χ0n) is 25.1. The van der Waals surface area contributed by atoms with Crippen molar-refractivity contribution in [2.24, 2.45) is 0 Å². The van der Waals surface area contributed by atoms with Crippen molar-refractivity contribution in [2.45, 2.75) is 116 Å².